The van der Waals surface area contributed by atoms with Gasteiger partial charge >= 0.3 is 17.9 Å². The first-order valence-electron chi connectivity index (χ1n) is 25.7. The molecule has 0 bridgehead atoms. The van der Waals surface area contributed by atoms with E-state index in [1.807, 2.05) is 0 Å². The van der Waals surface area contributed by atoms with Gasteiger partial charge in [-0.15, -0.1) is 0 Å². The summed E-state index contributed by atoms with van der Waals surface area (Å²) in [5.41, 5.74) is 0. The normalized spacial score (nSPS) is 12.1. The van der Waals surface area contributed by atoms with Gasteiger partial charge in [-0.25, -0.2) is 0 Å². The number of esters is 3. The highest BCUT2D eigenvalue weighted by atomic mass is 16.6. The molecule has 0 heterocycles. The van der Waals surface area contributed by atoms with Crippen LogP contribution in [0.25, 0.3) is 0 Å². The summed E-state index contributed by atoms with van der Waals surface area (Å²) >= 11 is 0. The van der Waals surface area contributed by atoms with Crippen LogP contribution in [0.15, 0.2) is 0 Å². The van der Waals surface area contributed by atoms with E-state index in [1.54, 1.807) is 0 Å². The molecule has 0 fully saturated rings. The van der Waals surface area contributed by atoms with E-state index in [0.717, 1.165) is 76.0 Å². The molecule has 0 saturated heterocycles. The molecule has 0 aliphatic carbocycles. The monoisotopic (exact) mass is 821 g/mol. The molecule has 0 spiro atoms. The van der Waals surface area contributed by atoms with Gasteiger partial charge < -0.3 is 14.2 Å². The maximum atomic E-state index is 12.6. The zero-order valence-corrected chi connectivity index (χ0v) is 39.7. The summed E-state index contributed by atoms with van der Waals surface area (Å²) in [7, 11) is 0. The average Bonchev–Trinajstić information content (AvgIpc) is 3.19. The molecule has 58 heavy (non-hydrogen) atoms. The standard InChI is InChI=1S/C52H100O6/c1-6-7-8-30-39-44-52(55)58-49(46-57-51(54)43-38-34-29-25-21-17-13-15-19-23-27-32-36-41-48(4)5)45-56-50(53)42-37-33-28-24-20-16-12-10-9-11-14-18-22-26-31-35-40-47(2)3/h47-49H,6-46H2,1-5H3/t49-/m0/s1. The number of rotatable bonds is 46. The Morgan fingerprint density at radius 2 is 0.569 bits per heavy atom. The minimum Gasteiger partial charge on any atom is -0.462 e. The fraction of sp³-hybridized carbons (Fsp3) is 0.942. The maximum absolute atomic E-state index is 12.6. The van der Waals surface area contributed by atoms with Crippen LogP contribution in [0.5, 0.6) is 0 Å². The first kappa shape index (κ1) is 56.4. The van der Waals surface area contributed by atoms with Crippen molar-refractivity contribution in [2.45, 2.75) is 291 Å². The molecule has 6 nitrogen and oxygen atoms in total. The number of carbonyl (C=O) groups excluding carboxylic acids is 3. The van der Waals surface area contributed by atoms with Crippen LogP contribution in [0.2, 0.25) is 0 Å². The summed E-state index contributed by atoms with van der Waals surface area (Å²) in [5, 5.41) is 0. The van der Waals surface area contributed by atoms with Crippen molar-refractivity contribution < 1.29 is 28.6 Å². The van der Waals surface area contributed by atoms with Gasteiger partial charge in [0.2, 0.25) is 0 Å². The third-order valence-electron chi connectivity index (χ3n) is 11.7. The van der Waals surface area contributed by atoms with Crippen LogP contribution in [-0.2, 0) is 28.6 Å². The van der Waals surface area contributed by atoms with Gasteiger partial charge in [-0.3, -0.25) is 14.4 Å². The molecule has 6 heteroatoms. The Bertz CT molecular complexity index is 885. The van der Waals surface area contributed by atoms with Crippen molar-refractivity contribution in [2.75, 3.05) is 13.2 Å². The van der Waals surface area contributed by atoms with Gasteiger partial charge in [-0.1, -0.05) is 247 Å². The smallest absolute Gasteiger partial charge is 0.306 e. The predicted molar refractivity (Wildman–Crippen MR) is 247 cm³/mol. The molecule has 0 amide bonds. The van der Waals surface area contributed by atoms with Gasteiger partial charge in [0, 0.05) is 19.3 Å². The van der Waals surface area contributed by atoms with Gasteiger partial charge in [0.1, 0.15) is 13.2 Å². The molecule has 0 aromatic rings. The molecule has 0 saturated carbocycles. The summed E-state index contributed by atoms with van der Waals surface area (Å²) < 4.78 is 16.7. The lowest BCUT2D eigenvalue weighted by Gasteiger charge is -2.18. The van der Waals surface area contributed by atoms with Crippen molar-refractivity contribution in [1.82, 2.24) is 0 Å². The zero-order chi connectivity index (χ0) is 42.6. The molecule has 1 atom stereocenters. The molecule has 0 aliphatic heterocycles. The average molecular weight is 821 g/mol. The summed E-state index contributed by atoms with van der Waals surface area (Å²) in [6, 6.07) is 0. The molecular weight excluding hydrogens is 721 g/mol. The van der Waals surface area contributed by atoms with Gasteiger partial charge in [-0.2, -0.15) is 0 Å². The number of ether oxygens (including phenoxy) is 3. The second kappa shape index (κ2) is 44.9. The fourth-order valence-corrected chi connectivity index (χ4v) is 7.81. The van der Waals surface area contributed by atoms with Crippen LogP contribution in [-0.4, -0.2) is 37.2 Å². The number of hydrogen-bond acceptors (Lipinski definition) is 6. The lowest BCUT2D eigenvalue weighted by atomic mass is 10.0. The molecule has 0 aliphatic rings. The summed E-state index contributed by atoms with van der Waals surface area (Å²) in [6.45, 7) is 11.3. The Hall–Kier alpha value is -1.59. The zero-order valence-electron chi connectivity index (χ0n) is 39.7. The van der Waals surface area contributed by atoms with E-state index >= 15 is 0 Å². The van der Waals surface area contributed by atoms with Crippen LogP contribution in [0.3, 0.4) is 0 Å². The van der Waals surface area contributed by atoms with Gasteiger partial charge in [-0.05, 0) is 31.1 Å². The second-order valence-electron chi connectivity index (χ2n) is 18.8. The third-order valence-corrected chi connectivity index (χ3v) is 11.7. The van der Waals surface area contributed by atoms with E-state index < -0.39 is 6.10 Å². The molecular formula is C52H100O6. The van der Waals surface area contributed by atoms with Crippen LogP contribution < -0.4 is 0 Å². The summed E-state index contributed by atoms with van der Waals surface area (Å²) in [4.78, 5) is 37.6. The number of carbonyl (C=O) groups is 3. The lowest BCUT2D eigenvalue weighted by Crippen LogP contribution is -2.30. The van der Waals surface area contributed by atoms with E-state index in [0.29, 0.717) is 19.3 Å². The number of unbranched alkanes of at least 4 members (excludes halogenated alkanes) is 31. The first-order chi connectivity index (χ1) is 28.2. The molecule has 344 valence electrons. The number of hydrogen-bond donors (Lipinski definition) is 0. The Morgan fingerprint density at radius 1 is 0.328 bits per heavy atom. The van der Waals surface area contributed by atoms with E-state index in [1.165, 1.54) is 167 Å². The van der Waals surface area contributed by atoms with E-state index in [2.05, 4.69) is 34.6 Å². The quantitative estimate of drug-likeness (QED) is 0.0346. The van der Waals surface area contributed by atoms with E-state index in [-0.39, 0.29) is 31.1 Å². The van der Waals surface area contributed by atoms with Crippen molar-refractivity contribution in [1.29, 1.82) is 0 Å². The highest BCUT2D eigenvalue weighted by Crippen LogP contribution is 2.17. The Morgan fingerprint density at radius 3 is 0.845 bits per heavy atom. The minimum atomic E-state index is -0.759. The van der Waals surface area contributed by atoms with Crippen molar-refractivity contribution >= 4 is 17.9 Å². The molecule has 0 radical (unpaired) electrons. The molecule has 0 unspecified atom stereocenters. The van der Waals surface area contributed by atoms with Crippen molar-refractivity contribution in [3.63, 3.8) is 0 Å². The predicted octanol–water partition coefficient (Wildman–Crippen LogP) is 16.5. The summed E-state index contributed by atoms with van der Waals surface area (Å²) in [6.07, 6.45) is 45.6. The Kier molecular flexibility index (Phi) is 43.7. The SMILES string of the molecule is CCCCCCCC(=O)O[C@@H](COC(=O)CCCCCCCCCCCCCCCCCCC(C)C)COC(=O)CCCCCCCCCCCCCCCC(C)C. The Balaban J connectivity index is 4.05. The van der Waals surface area contributed by atoms with Crippen molar-refractivity contribution in [3.8, 4) is 0 Å². The van der Waals surface area contributed by atoms with Crippen LogP contribution in [0.4, 0.5) is 0 Å². The Labute approximate surface area is 361 Å². The summed E-state index contributed by atoms with van der Waals surface area (Å²) in [5.74, 6) is 0.830. The largest absolute Gasteiger partial charge is 0.462 e. The van der Waals surface area contributed by atoms with Gasteiger partial charge in [0.05, 0.1) is 0 Å². The molecule has 0 aromatic heterocycles. The van der Waals surface area contributed by atoms with Crippen molar-refractivity contribution in [2.24, 2.45) is 11.8 Å². The molecule has 0 aromatic carbocycles. The molecule has 0 rings (SSSR count). The van der Waals surface area contributed by atoms with Crippen LogP contribution in [0, 0.1) is 11.8 Å². The van der Waals surface area contributed by atoms with E-state index in [4.69, 9.17) is 14.2 Å². The second-order valence-corrected chi connectivity index (χ2v) is 18.8. The van der Waals surface area contributed by atoms with Crippen LogP contribution >= 0.6 is 0 Å². The topological polar surface area (TPSA) is 78.9 Å². The third kappa shape index (κ3) is 45.5. The highest BCUT2D eigenvalue weighted by Gasteiger charge is 2.19. The minimum absolute atomic E-state index is 0.0651. The van der Waals surface area contributed by atoms with Crippen LogP contribution in [0.1, 0.15) is 285 Å². The van der Waals surface area contributed by atoms with Gasteiger partial charge in [0.15, 0.2) is 6.10 Å². The maximum Gasteiger partial charge on any atom is 0.306 e. The van der Waals surface area contributed by atoms with Crippen molar-refractivity contribution in [3.05, 3.63) is 0 Å². The van der Waals surface area contributed by atoms with E-state index in [9.17, 15) is 14.4 Å². The van der Waals surface area contributed by atoms with Gasteiger partial charge in [0.25, 0.3) is 0 Å². The molecule has 0 N–H and O–H groups in total. The highest BCUT2D eigenvalue weighted by molar-refractivity contribution is 5.71. The fourth-order valence-electron chi connectivity index (χ4n) is 7.81. The first-order valence-corrected chi connectivity index (χ1v) is 25.7. The lowest BCUT2D eigenvalue weighted by molar-refractivity contribution is -0.167.